The van der Waals surface area contributed by atoms with Crippen molar-refractivity contribution in [2.45, 2.75) is 40.2 Å². The van der Waals surface area contributed by atoms with Crippen molar-refractivity contribution in [2.24, 2.45) is 0 Å². The fraction of sp³-hybridized carbons (Fsp3) is 0.400. The molecule has 0 aliphatic carbocycles. The molecule has 0 saturated carbocycles. The van der Waals surface area contributed by atoms with Crippen LogP contribution in [0, 0.1) is 20.8 Å². The molecule has 1 aromatic carbocycles. The maximum Gasteiger partial charge on any atom is 0.230 e. The van der Waals surface area contributed by atoms with E-state index in [1.807, 2.05) is 31.4 Å². The first-order valence-electron chi connectivity index (χ1n) is 8.70. The first-order valence-corrected chi connectivity index (χ1v) is 10.7. The fourth-order valence-corrected chi connectivity index (χ4v) is 4.15. The Morgan fingerprint density at radius 1 is 1.12 bits per heavy atom. The second-order valence-corrected chi connectivity index (χ2v) is 8.47. The summed E-state index contributed by atoms with van der Waals surface area (Å²) >= 11 is 3.20. The predicted octanol–water partition coefficient (Wildman–Crippen LogP) is 4.44. The summed E-state index contributed by atoms with van der Waals surface area (Å²) in [6.07, 6.45) is 1.23. The van der Waals surface area contributed by atoms with Crippen LogP contribution in [0.2, 0.25) is 0 Å². The van der Waals surface area contributed by atoms with E-state index in [4.69, 9.17) is 0 Å². The second kappa shape index (κ2) is 10.4. The predicted molar refractivity (Wildman–Crippen MR) is 112 cm³/mol. The lowest BCUT2D eigenvalue weighted by Crippen LogP contribution is -2.24. The molecule has 4 nitrogen and oxygen atoms in total. The van der Waals surface area contributed by atoms with Gasteiger partial charge in [0.15, 0.2) is 0 Å². The SMILES string of the molecule is Cc1cc(C)c(NC(=O)CCCSCC(=O)NCc2cccs2)c(C)c1. The van der Waals surface area contributed by atoms with E-state index in [0.29, 0.717) is 18.7 Å². The van der Waals surface area contributed by atoms with Crippen LogP contribution in [0.3, 0.4) is 0 Å². The molecule has 0 bridgehead atoms. The van der Waals surface area contributed by atoms with Gasteiger partial charge in [-0.2, -0.15) is 11.8 Å². The van der Waals surface area contributed by atoms with Crippen molar-refractivity contribution in [1.82, 2.24) is 5.32 Å². The van der Waals surface area contributed by atoms with Crippen molar-refractivity contribution < 1.29 is 9.59 Å². The zero-order chi connectivity index (χ0) is 18.9. The molecule has 0 unspecified atom stereocenters. The van der Waals surface area contributed by atoms with Crippen molar-refractivity contribution in [3.05, 3.63) is 51.2 Å². The number of benzene rings is 1. The summed E-state index contributed by atoms with van der Waals surface area (Å²) in [6, 6.07) is 8.14. The molecule has 26 heavy (non-hydrogen) atoms. The number of aryl methyl sites for hydroxylation is 3. The average Bonchev–Trinajstić information content (AvgIpc) is 3.09. The zero-order valence-corrected chi connectivity index (χ0v) is 17.2. The molecule has 2 rings (SSSR count). The van der Waals surface area contributed by atoms with Gasteiger partial charge in [-0.1, -0.05) is 23.8 Å². The third kappa shape index (κ3) is 6.84. The lowest BCUT2D eigenvalue weighted by molar-refractivity contribution is -0.118. The number of rotatable bonds is 9. The Morgan fingerprint density at radius 2 is 1.85 bits per heavy atom. The van der Waals surface area contributed by atoms with Crippen molar-refractivity contribution in [2.75, 3.05) is 16.8 Å². The molecular weight excluding hydrogens is 364 g/mol. The Hall–Kier alpha value is -1.79. The second-order valence-electron chi connectivity index (χ2n) is 6.33. The number of nitrogens with one attached hydrogen (secondary N) is 2. The van der Waals surface area contributed by atoms with Crippen molar-refractivity contribution in [1.29, 1.82) is 0 Å². The number of thioether (sulfide) groups is 1. The molecule has 0 radical (unpaired) electrons. The molecule has 1 heterocycles. The normalized spacial score (nSPS) is 10.6. The van der Waals surface area contributed by atoms with E-state index in [9.17, 15) is 9.59 Å². The zero-order valence-electron chi connectivity index (χ0n) is 15.6. The fourth-order valence-electron chi connectivity index (χ4n) is 2.73. The minimum atomic E-state index is 0.0304. The van der Waals surface area contributed by atoms with Crippen LogP contribution in [-0.4, -0.2) is 23.3 Å². The summed E-state index contributed by atoms with van der Waals surface area (Å²) in [4.78, 5) is 25.1. The Balaban J connectivity index is 1.61. The number of anilines is 1. The van der Waals surface area contributed by atoms with Gasteiger partial charge in [0.1, 0.15) is 0 Å². The maximum atomic E-state index is 12.1. The first-order chi connectivity index (χ1) is 12.5. The smallest absolute Gasteiger partial charge is 0.230 e. The van der Waals surface area contributed by atoms with Gasteiger partial charge in [-0.25, -0.2) is 0 Å². The van der Waals surface area contributed by atoms with Gasteiger partial charge in [-0.3, -0.25) is 9.59 Å². The summed E-state index contributed by atoms with van der Waals surface area (Å²) in [7, 11) is 0. The number of carbonyl (C=O) groups excluding carboxylic acids is 2. The highest BCUT2D eigenvalue weighted by molar-refractivity contribution is 7.99. The van der Waals surface area contributed by atoms with E-state index >= 15 is 0 Å². The summed E-state index contributed by atoms with van der Waals surface area (Å²) < 4.78 is 0. The number of carbonyl (C=O) groups is 2. The van der Waals surface area contributed by atoms with Crippen LogP contribution >= 0.6 is 23.1 Å². The Kier molecular flexibility index (Phi) is 8.19. The maximum absolute atomic E-state index is 12.1. The van der Waals surface area contributed by atoms with Gasteiger partial charge >= 0.3 is 0 Å². The topological polar surface area (TPSA) is 58.2 Å². The van der Waals surface area contributed by atoms with E-state index in [-0.39, 0.29) is 11.8 Å². The van der Waals surface area contributed by atoms with E-state index < -0.39 is 0 Å². The van der Waals surface area contributed by atoms with Gasteiger partial charge < -0.3 is 10.6 Å². The number of amides is 2. The van der Waals surface area contributed by atoms with Crippen LogP contribution in [0.25, 0.3) is 0 Å². The average molecular weight is 391 g/mol. The summed E-state index contributed by atoms with van der Waals surface area (Å²) in [5.74, 6) is 1.30. The van der Waals surface area contributed by atoms with Crippen LogP contribution in [0.4, 0.5) is 5.69 Å². The standard InChI is InChI=1S/C20H26N2O2S2/c1-14-10-15(2)20(16(3)11-14)22-18(23)7-5-8-25-13-19(24)21-12-17-6-4-9-26-17/h4,6,9-11H,5,7-8,12-13H2,1-3H3,(H,21,24)(H,22,23). The lowest BCUT2D eigenvalue weighted by atomic mass is 10.0. The summed E-state index contributed by atoms with van der Waals surface area (Å²) in [5.41, 5.74) is 4.30. The molecule has 0 aliphatic rings. The number of hydrogen-bond donors (Lipinski definition) is 2. The monoisotopic (exact) mass is 390 g/mol. The molecule has 0 fully saturated rings. The number of thiophene rings is 1. The van der Waals surface area contributed by atoms with Gasteiger partial charge in [-0.15, -0.1) is 11.3 Å². The first kappa shape index (κ1) is 20.5. The molecule has 1 aromatic heterocycles. The molecule has 140 valence electrons. The highest BCUT2D eigenvalue weighted by Gasteiger charge is 2.08. The van der Waals surface area contributed by atoms with Crippen LogP contribution < -0.4 is 10.6 Å². The van der Waals surface area contributed by atoms with Crippen molar-refractivity contribution in [3.63, 3.8) is 0 Å². The Labute approximate surface area is 163 Å². The minimum Gasteiger partial charge on any atom is -0.350 e. The molecule has 0 spiro atoms. The van der Waals surface area contributed by atoms with E-state index in [1.54, 1.807) is 23.1 Å². The quantitative estimate of drug-likeness (QED) is 0.622. The minimum absolute atomic E-state index is 0.0304. The van der Waals surface area contributed by atoms with Crippen molar-refractivity contribution >= 4 is 40.6 Å². The summed E-state index contributed by atoms with van der Waals surface area (Å²) in [6.45, 7) is 6.68. The lowest BCUT2D eigenvalue weighted by Gasteiger charge is -2.12. The van der Waals surface area contributed by atoms with Crippen LogP contribution in [0.5, 0.6) is 0 Å². The highest BCUT2D eigenvalue weighted by Crippen LogP contribution is 2.22. The molecule has 2 N–H and O–H groups in total. The molecular formula is C20H26N2O2S2. The third-order valence-electron chi connectivity index (χ3n) is 3.91. The van der Waals surface area contributed by atoms with E-state index in [1.165, 1.54) is 5.56 Å². The Bertz CT molecular complexity index is 719. The van der Waals surface area contributed by atoms with Crippen LogP contribution in [-0.2, 0) is 16.1 Å². The third-order valence-corrected chi connectivity index (χ3v) is 5.83. The van der Waals surface area contributed by atoms with E-state index in [0.717, 1.165) is 33.9 Å². The highest BCUT2D eigenvalue weighted by atomic mass is 32.2. The molecule has 0 atom stereocenters. The largest absolute Gasteiger partial charge is 0.350 e. The van der Waals surface area contributed by atoms with Gasteiger partial charge in [0.2, 0.25) is 11.8 Å². The molecule has 0 saturated heterocycles. The molecule has 6 heteroatoms. The Morgan fingerprint density at radius 3 is 2.50 bits per heavy atom. The van der Waals surface area contributed by atoms with Crippen LogP contribution in [0.1, 0.15) is 34.4 Å². The molecule has 2 amide bonds. The molecule has 2 aromatic rings. The van der Waals surface area contributed by atoms with Crippen LogP contribution in [0.15, 0.2) is 29.6 Å². The summed E-state index contributed by atoms with van der Waals surface area (Å²) in [5, 5.41) is 7.92. The van der Waals surface area contributed by atoms with Gasteiger partial charge in [0.25, 0.3) is 0 Å². The van der Waals surface area contributed by atoms with Gasteiger partial charge in [0.05, 0.1) is 12.3 Å². The van der Waals surface area contributed by atoms with Gasteiger partial charge in [0, 0.05) is 17.0 Å². The number of hydrogen-bond acceptors (Lipinski definition) is 4. The van der Waals surface area contributed by atoms with E-state index in [2.05, 4.69) is 29.7 Å². The van der Waals surface area contributed by atoms with Gasteiger partial charge in [-0.05, 0) is 55.5 Å². The van der Waals surface area contributed by atoms with Crippen molar-refractivity contribution in [3.8, 4) is 0 Å². The molecule has 0 aliphatic heterocycles.